The lowest BCUT2D eigenvalue weighted by molar-refractivity contribution is -0.133. The second-order valence-electron chi connectivity index (χ2n) is 7.43. The van der Waals surface area contributed by atoms with E-state index in [9.17, 15) is 9.90 Å². The van der Waals surface area contributed by atoms with Gasteiger partial charge in [0.05, 0.1) is 12.7 Å². The Morgan fingerprint density at radius 1 is 0.968 bits per heavy atom. The Hall–Kier alpha value is -3.93. The van der Waals surface area contributed by atoms with Gasteiger partial charge in [-0.1, -0.05) is 29.8 Å². The number of aliphatic carboxylic acids is 1. The van der Waals surface area contributed by atoms with Gasteiger partial charge in [-0.15, -0.1) is 0 Å². The SMILES string of the molecule is COc1ccc(C2=C(C(=O)O)C(c3ccc4c(c3)OCO4)Oc3ccc(C)cc32)cc1. The number of benzene rings is 3. The summed E-state index contributed by atoms with van der Waals surface area (Å²) in [6.45, 7) is 2.11. The lowest BCUT2D eigenvalue weighted by atomic mass is 9.85. The molecule has 0 fully saturated rings. The predicted octanol–water partition coefficient (Wildman–Crippen LogP) is 4.75. The third-order valence-corrected chi connectivity index (χ3v) is 5.49. The molecule has 0 aromatic heterocycles. The first-order valence-electron chi connectivity index (χ1n) is 9.84. The largest absolute Gasteiger partial charge is 0.497 e. The molecule has 2 heterocycles. The van der Waals surface area contributed by atoms with Gasteiger partial charge >= 0.3 is 5.97 Å². The van der Waals surface area contributed by atoms with Crippen molar-refractivity contribution in [3.8, 4) is 23.0 Å². The molecule has 31 heavy (non-hydrogen) atoms. The van der Waals surface area contributed by atoms with Gasteiger partial charge < -0.3 is 24.1 Å². The van der Waals surface area contributed by atoms with Gasteiger partial charge in [-0.05, 0) is 48.9 Å². The van der Waals surface area contributed by atoms with Gasteiger partial charge in [-0.3, -0.25) is 0 Å². The van der Waals surface area contributed by atoms with E-state index in [-0.39, 0.29) is 12.4 Å². The van der Waals surface area contributed by atoms with E-state index in [4.69, 9.17) is 18.9 Å². The summed E-state index contributed by atoms with van der Waals surface area (Å²) in [4.78, 5) is 12.6. The fourth-order valence-corrected chi connectivity index (χ4v) is 4.00. The van der Waals surface area contributed by atoms with Crippen LogP contribution < -0.4 is 18.9 Å². The van der Waals surface area contributed by atoms with Crippen molar-refractivity contribution in [1.29, 1.82) is 0 Å². The van der Waals surface area contributed by atoms with Crippen LogP contribution in [0.2, 0.25) is 0 Å². The van der Waals surface area contributed by atoms with Crippen molar-refractivity contribution in [2.75, 3.05) is 13.9 Å². The Labute approximate surface area is 179 Å². The van der Waals surface area contributed by atoms with Crippen LogP contribution in [-0.2, 0) is 4.79 Å². The average molecular weight is 416 g/mol. The van der Waals surface area contributed by atoms with Crippen LogP contribution in [0.15, 0.2) is 66.2 Å². The van der Waals surface area contributed by atoms with E-state index in [1.165, 1.54) is 0 Å². The predicted molar refractivity (Wildman–Crippen MR) is 114 cm³/mol. The average Bonchev–Trinajstić information content (AvgIpc) is 3.25. The first-order valence-corrected chi connectivity index (χ1v) is 9.84. The van der Waals surface area contributed by atoms with Gasteiger partial charge in [0.1, 0.15) is 11.5 Å². The van der Waals surface area contributed by atoms with Crippen LogP contribution in [0.25, 0.3) is 5.57 Å². The molecule has 2 aliphatic rings. The van der Waals surface area contributed by atoms with Crippen molar-refractivity contribution < 1.29 is 28.8 Å². The van der Waals surface area contributed by atoms with Gasteiger partial charge in [0, 0.05) is 16.7 Å². The fraction of sp³-hybridized carbons (Fsp3) is 0.160. The molecule has 0 saturated heterocycles. The zero-order chi connectivity index (χ0) is 21.5. The molecule has 156 valence electrons. The maximum absolute atomic E-state index is 12.6. The molecular formula is C25H20O6. The lowest BCUT2D eigenvalue weighted by Gasteiger charge is -2.30. The van der Waals surface area contributed by atoms with E-state index >= 15 is 0 Å². The van der Waals surface area contributed by atoms with Crippen molar-refractivity contribution in [3.63, 3.8) is 0 Å². The van der Waals surface area contributed by atoms with Gasteiger partial charge in [0.2, 0.25) is 6.79 Å². The van der Waals surface area contributed by atoms with Gasteiger partial charge in [-0.25, -0.2) is 4.79 Å². The molecule has 0 radical (unpaired) electrons. The molecule has 0 bridgehead atoms. The molecule has 0 spiro atoms. The normalized spacial score (nSPS) is 16.5. The van der Waals surface area contributed by atoms with Gasteiger partial charge in [0.25, 0.3) is 0 Å². The zero-order valence-electron chi connectivity index (χ0n) is 17.0. The molecule has 2 aliphatic heterocycles. The quantitative estimate of drug-likeness (QED) is 0.662. The summed E-state index contributed by atoms with van der Waals surface area (Å²) < 4.78 is 22.4. The van der Waals surface area contributed by atoms with Crippen LogP contribution in [0.4, 0.5) is 0 Å². The second-order valence-corrected chi connectivity index (χ2v) is 7.43. The van der Waals surface area contributed by atoms with Crippen molar-refractivity contribution in [2.24, 2.45) is 0 Å². The van der Waals surface area contributed by atoms with Crippen molar-refractivity contribution in [1.82, 2.24) is 0 Å². The Bertz CT molecular complexity index is 1210. The molecule has 1 atom stereocenters. The van der Waals surface area contributed by atoms with Crippen LogP contribution >= 0.6 is 0 Å². The van der Waals surface area contributed by atoms with E-state index < -0.39 is 12.1 Å². The van der Waals surface area contributed by atoms with E-state index in [0.29, 0.717) is 34.1 Å². The fourth-order valence-electron chi connectivity index (χ4n) is 4.00. The van der Waals surface area contributed by atoms with Crippen LogP contribution in [0.5, 0.6) is 23.0 Å². The van der Waals surface area contributed by atoms with E-state index in [1.807, 2.05) is 55.5 Å². The summed E-state index contributed by atoms with van der Waals surface area (Å²) in [7, 11) is 1.60. The number of ether oxygens (including phenoxy) is 4. The molecular weight excluding hydrogens is 396 g/mol. The number of hydrogen-bond donors (Lipinski definition) is 1. The summed E-state index contributed by atoms with van der Waals surface area (Å²) in [6, 6.07) is 18.5. The highest BCUT2D eigenvalue weighted by Gasteiger charge is 2.35. The zero-order valence-corrected chi connectivity index (χ0v) is 17.0. The molecule has 1 N–H and O–H groups in total. The van der Waals surface area contributed by atoms with Gasteiger partial charge in [-0.2, -0.15) is 0 Å². The highest BCUT2D eigenvalue weighted by Crippen LogP contribution is 2.47. The standard InChI is InChI=1S/C25H20O6/c1-14-3-9-19-18(11-14)22(15-4-7-17(28-2)8-5-15)23(25(26)27)24(31-19)16-6-10-20-21(12-16)30-13-29-20/h3-12,24H,13H2,1-2H3,(H,26,27). The molecule has 5 rings (SSSR count). The lowest BCUT2D eigenvalue weighted by Crippen LogP contribution is -2.23. The van der Waals surface area contributed by atoms with E-state index in [0.717, 1.165) is 16.7 Å². The minimum absolute atomic E-state index is 0.144. The minimum Gasteiger partial charge on any atom is -0.497 e. The van der Waals surface area contributed by atoms with Gasteiger partial charge in [0.15, 0.2) is 17.6 Å². The molecule has 0 amide bonds. The van der Waals surface area contributed by atoms with Crippen molar-refractivity contribution >= 4 is 11.5 Å². The molecule has 1 unspecified atom stereocenters. The number of carboxylic acid groups (broad SMARTS) is 1. The number of hydrogen-bond acceptors (Lipinski definition) is 5. The third kappa shape index (κ3) is 3.26. The number of carboxylic acids is 1. The molecule has 6 heteroatoms. The Morgan fingerprint density at radius 2 is 1.71 bits per heavy atom. The van der Waals surface area contributed by atoms with Crippen LogP contribution in [0.1, 0.15) is 28.4 Å². The summed E-state index contributed by atoms with van der Waals surface area (Å²) in [5.41, 5.74) is 4.02. The van der Waals surface area contributed by atoms with Crippen molar-refractivity contribution in [2.45, 2.75) is 13.0 Å². The summed E-state index contributed by atoms with van der Waals surface area (Å²) in [5, 5.41) is 10.3. The highest BCUT2D eigenvalue weighted by molar-refractivity contribution is 6.04. The van der Waals surface area contributed by atoms with Crippen LogP contribution in [0.3, 0.4) is 0 Å². The molecule has 3 aromatic rings. The third-order valence-electron chi connectivity index (χ3n) is 5.49. The molecule has 3 aromatic carbocycles. The molecule has 6 nitrogen and oxygen atoms in total. The molecule has 0 saturated carbocycles. The first kappa shape index (κ1) is 19.1. The van der Waals surface area contributed by atoms with E-state index in [1.54, 1.807) is 19.2 Å². The smallest absolute Gasteiger partial charge is 0.336 e. The number of fused-ring (bicyclic) bond motifs is 2. The Balaban J connectivity index is 1.74. The number of carbonyl (C=O) groups is 1. The summed E-state index contributed by atoms with van der Waals surface area (Å²) >= 11 is 0. The first-order chi connectivity index (χ1) is 15.0. The maximum atomic E-state index is 12.6. The number of rotatable bonds is 4. The van der Waals surface area contributed by atoms with Crippen LogP contribution in [0, 0.1) is 6.92 Å². The minimum atomic E-state index is -1.04. The maximum Gasteiger partial charge on any atom is 0.336 e. The monoisotopic (exact) mass is 416 g/mol. The molecule has 0 aliphatic carbocycles. The van der Waals surface area contributed by atoms with Crippen LogP contribution in [-0.4, -0.2) is 25.0 Å². The summed E-state index contributed by atoms with van der Waals surface area (Å²) in [6.07, 6.45) is -0.806. The summed E-state index contributed by atoms with van der Waals surface area (Å²) in [5.74, 6) is 1.49. The number of methoxy groups -OCH3 is 1. The van der Waals surface area contributed by atoms with E-state index in [2.05, 4.69) is 0 Å². The Morgan fingerprint density at radius 3 is 2.45 bits per heavy atom. The highest BCUT2D eigenvalue weighted by atomic mass is 16.7. The van der Waals surface area contributed by atoms with Crippen molar-refractivity contribution in [3.05, 3.63) is 88.5 Å². The second kappa shape index (κ2) is 7.40. The topological polar surface area (TPSA) is 74.2 Å². The Kier molecular flexibility index (Phi) is 4.55. The number of aryl methyl sites for hydroxylation is 1.